The molecule has 0 fully saturated rings. The van der Waals surface area contributed by atoms with E-state index in [4.69, 9.17) is 20.4 Å². The Hall–Kier alpha value is -2.91. The zero-order valence-electron chi connectivity index (χ0n) is 10.5. The van der Waals surface area contributed by atoms with Crippen LogP contribution in [0.5, 0.6) is 0 Å². The first kappa shape index (κ1) is 16.1. The summed E-state index contributed by atoms with van der Waals surface area (Å²) in [4.78, 5) is 49.3. The lowest BCUT2D eigenvalue weighted by atomic mass is 10.0. The minimum absolute atomic E-state index is 0.170. The highest BCUT2D eigenvalue weighted by Crippen LogP contribution is 2.23. The van der Waals surface area contributed by atoms with Gasteiger partial charge in [0.05, 0.1) is 18.5 Å². The molecule has 0 amide bonds. The lowest BCUT2D eigenvalue weighted by Crippen LogP contribution is -2.18. The van der Waals surface area contributed by atoms with E-state index in [0.29, 0.717) is 0 Å². The summed E-state index contributed by atoms with van der Waals surface area (Å²) in [5, 5.41) is 35.2. The van der Waals surface area contributed by atoms with E-state index in [9.17, 15) is 19.2 Å². The molecule has 1 heterocycles. The first-order valence-electron chi connectivity index (χ1n) is 5.66. The second-order valence-electron chi connectivity index (χ2n) is 4.19. The Kier molecular flexibility index (Phi) is 5.00. The van der Waals surface area contributed by atoms with Crippen molar-refractivity contribution in [2.45, 2.75) is 24.7 Å². The molecule has 2 atom stereocenters. The van der Waals surface area contributed by atoms with Gasteiger partial charge in [-0.15, -0.1) is 0 Å². The Morgan fingerprint density at radius 3 is 1.86 bits per heavy atom. The third-order valence-electron chi connectivity index (χ3n) is 2.66. The van der Waals surface area contributed by atoms with Crippen molar-refractivity contribution in [3.05, 3.63) is 17.7 Å². The number of carboxylic acids is 4. The second-order valence-corrected chi connectivity index (χ2v) is 4.19. The number of nitrogens with one attached hydrogen (secondary N) is 1. The Labute approximate surface area is 117 Å². The van der Waals surface area contributed by atoms with Crippen molar-refractivity contribution in [2.24, 2.45) is 0 Å². The lowest BCUT2D eigenvalue weighted by Gasteiger charge is -2.07. The van der Waals surface area contributed by atoms with E-state index in [1.165, 1.54) is 0 Å². The van der Waals surface area contributed by atoms with Crippen LogP contribution in [0.1, 0.15) is 36.2 Å². The van der Waals surface area contributed by atoms with E-state index >= 15 is 0 Å². The predicted octanol–water partition coefficient (Wildman–Crippen LogP) is -0.304. The number of nitrogens with zero attached hydrogens (tertiary/aromatic N) is 1. The third kappa shape index (κ3) is 4.30. The highest BCUT2D eigenvalue weighted by atomic mass is 16.4. The second kappa shape index (κ2) is 6.50. The average Bonchev–Trinajstić information content (AvgIpc) is 2.80. The number of aliphatic carboxylic acids is 4. The van der Waals surface area contributed by atoms with E-state index in [-0.39, 0.29) is 11.5 Å². The van der Waals surface area contributed by atoms with Gasteiger partial charge in [0.25, 0.3) is 0 Å². The van der Waals surface area contributed by atoms with Gasteiger partial charge >= 0.3 is 23.9 Å². The fraction of sp³-hybridized carbons (Fsp3) is 0.364. The normalized spacial score (nSPS) is 13.3. The first-order chi connectivity index (χ1) is 9.72. The third-order valence-corrected chi connectivity index (χ3v) is 2.66. The van der Waals surface area contributed by atoms with Crippen LogP contribution in [0.25, 0.3) is 0 Å². The molecule has 0 saturated carbocycles. The van der Waals surface area contributed by atoms with Crippen molar-refractivity contribution in [3.8, 4) is 0 Å². The Morgan fingerprint density at radius 2 is 1.43 bits per heavy atom. The summed E-state index contributed by atoms with van der Waals surface area (Å²) in [5.74, 6) is -8.75. The topological polar surface area (TPSA) is 178 Å². The van der Waals surface area contributed by atoms with E-state index < -0.39 is 48.6 Å². The molecule has 0 radical (unpaired) electrons. The van der Waals surface area contributed by atoms with Gasteiger partial charge in [0.1, 0.15) is 17.7 Å². The molecule has 21 heavy (non-hydrogen) atoms. The smallest absolute Gasteiger partial charge is 0.314 e. The van der Waals surface area contributed by atoms with E-state index in [1.54, 1.807) is 0 Å². The zero-order chi connectivity index (χ0) is 16.2. The molecule has 5 N–H and O–H groups in total. The maximum Gasteiger partial charge on any atom is 0.314 e. The molecule has 114 valence electrons. The molecule has 0 bridgehead atoms. The van der Waals surface area contributed by atoms with Crippen LogP contribution in [0.15, 0.2) is 6.20 Å². The molecule has 0 aliphatic heterocycles. The summed E-state index contributed by atoms with van der Waals surface area (Å²) in [5.41, 5.74) is -0.170. The maximum atomic E-state index is 11.0. The molecule has 10 heteroatoms. The number of hydrogen-bond acceptors (Lipinski definition) is 5. The van der Waals surface area contributed by atoms with Crippen LogP contribution in [0.4, 0.5) is 0 Å². The fourth-order valence-electron chi connectivity index (χ4n) is 1.68. The van der Waals surface area contributed by atoms with Crippen molar-refractivity contribution in [1.82, 2.24) is 9.97 Å². The minimum Gasteiger partial charge on any atom is -0.481 e. The number of aromatic nitrogens is 2. The summed E-state index contributed by atoms with van der Waals surface area (Å²) < 4.78 is 0. The molecule has 1 rings (SSSR count). The van der Waals surface area contributed by atoms with Gasteiger partial charge in [0, 0.05) is 6.20 Å². The van der Waals surface area contributed by atoms with Crippen LogP contribution in [0, 0.1) is 0 Å². The summed E-state index contributed by atoms with van der Waals surface area (Å²) >= 11 is 0. The standard InChI is InChI=1S/C11H12N2O8/c14-7(15)1-4(10(18)19)6-3-12-9(13-6)5(11(20)21)2-8(16)17/h3-5H,1-2H2,(H,12,13)(H,14,15)(H,16,17)(H,18,19)(H,20,21). The van der Waals surface area contributed by atoms with Gasteiger partial charge in [-0.25, -0.2) is 4.98 Å². The number of rotatable bonds is 8. The molecule has 2 unspecified atom stereocenters. The van der Waals surface area contributed by atoms with E-state index in [1.807, 2.05) is 0 Å². The van der Waals surface area contributed by atoms with Crippen LogP contribution < -0.4 is 0 Å². The Bertz CT molecular complexity index is 530. The van der Waals surface area contributed by atoms with Gasteiger partial charge < -0.3 is 25.4 Å². The van der Waals surface area contributed by atoms with Crippen molar-refractivity contribution < 1.29 is 39.6 Å². The quantitative estimate of drug-likeness (QED) is 0.430. The SMILES string of the molecule is O=C(O)CC(C(=O)O)c1c[nH]c(C(CC(=O)O)C(=O)O)n1. The largest absolute Gasteiger partial charge is 0.481 e. The van der Waals surface area contributed by atoms with Crippen LogP contribution in [0.2, 0.25) is 0 Å². The van der Waals surface area contributed by atoms with Crippen LogP contribution in [0.3, 0.4) is 0 Å². The summed E-state index contributed by atoms with van der Waals surface area (Å²) in [6.45, 7) is 0. The molecule has 0 saturated heterocycles. The highest BCUT2D eigenvalue weighted by Gasteiger charge is 2.30. The number of aromatic amines is 1. The Morgan fingerprint density at radius 1 is 0.952 bits per heavy atom. The summed E-state index contributed by atoms with van der Waals surface area (Å²) in [6, 6.07) is 0. The summed E-state index contributed by atoms with van der Waals surface area (Å²) in [7, 11) is 0. The van der Waals surface area contributed by atoms with Gasteiger partial charge in [0.15, 0.2) is 0 Å². The van der Waals surface area contributed by atoms with Crippen LogP contribution >= 0.6 is 0 Å². The van der Waals surface area contributed by atoms with E-state index in [0.717, 1.165) is 6.20 Å². The first-order valence-corrected chi connectivity index (χ1v) is 5.66. The van der Waals surface area contributed by atoms with Gasteiger partial charge in [0.2, 0.25) is 0 Å². The molecule has 0 aromatic carbocycles. The molecule has 10 nitrogen and oxygen atoms in total. The van der Waals surface area contributed by atoms with Gasteiger partial charge in [-0.1, -0.05) is 0 Å². The molecular weight excluding hydrogens is 288 g/mol. The maximum absolute atomic E-state index is 11.0. The molecule has 0 aliphatic carbocycles. The number of carbonyl (C=O) groups is 4. The number of hydrogen-bond donors (Lipinski definition) is 5. The minimum atomic E-state index is -1.48. The summed E-state index contributed by atoms with van der Waals surface area (Å²) in [6.07, 6.45) is -0.399. The highest BCUT2D eigenvalue weighted by molar-refractivity contribution is 5.83. The lowest BCUT2D eigenvalue weighted by molar-refractivity contribution is -0.145. The number of H-pyrrole nitrogens is 1. The zero-order valence-corrected chi connectivity index (χ0v) is 10.5. The van der Waals surface area contributed by atoms with Crippen molar-refractivity contribution >= 4 is 23.9 Å². The molecule has 1 aromatic heterocycles. The van der Waals surface area contributed by atoms with Gasteiger partial charge in [-0.05, 0) is 0 Å². The van der Waals surface area contributed by atoms with Gasteiger partial charge in [-0.2, -0.15) is 0 Å². The molecular formula is C11H12N2O8. The average molecular weight is 300 g/mol. The monoisotopic (exact) mass is 300 g/mol. The fourth-order valence-corrected chi connectivity index (χ4v) is 1.68. The molecule has 0 spiro atoms. The predicted molar refractivity (Wildman–Crippen MR) is 63.8 cm³/mol. The number of carboxylic acid groups (broad SMARTS) is 4. The van der Waals surface area contributed by atoms with Crippen LogP contribution in [-0.2, 0) is 19.2 Å². The van der Waals surface area contributed by atoms with Crippen molar-refractivity contribution in [3.63, 3.8) is 0 Å². The molecule has 0 aliphatic rings. The van der Waals surface area contributed by atoms with Crippen molar-refractivity contribution in [2.75, 3.05) is 0 Å². The van der Waals surface area contributed by atoms with Crippen molar-refractivity contribution in [1.29, 1.82) is 0 Å². The van der Waals surface area contributed by atoms with Gasteiger partial charge in [-0.3, -0.25) is 19.2 Å². The van der Waals surface area contributed by atoms with E-state index in [2.05, 4.69) is 9.97 Å². The molecule has 1 aromatic rings. The number of imidazole rings is 1. The Balaban J connectivity index is 3.06. The van der Waals surface area contributed by atoms with Crippen LogP contribution in [-0.4, -0.2) is 54.3 Å².